The number of nitriles is 1. The van der Waals surface area contributed by atoms with Crippen molar-refractivity contribution >= 4 is 29.5 Å². The SMILES string of the molecule is CCc1cc(Nc2nccn3c(-c4cn(C(C)C#N)nc4C(F)(F)F)cnc23)ccc1C(=O)NCC1CC1N.O=CO. The van der Waals surface area contributed by atoms with Crippen molar-refractivity contribution in [3.05, 3.63) is 59.8 Å². The van der Waals surface area contributed by atoms with Gasteiger partial charge in [0.25, 0.3) is 12.4 Å². The van der Waals surface area contributed by atoms with Crippen LogP contribution in [0.15, 0.2) is 43.0 Å². The Kier molecular flexibility index (Phi) is 8.76. The van der Waals surface area contributed by atoms with Crippen molar-refractivity contribution in [2.24, 2.45) is 11.7 Å². The molecule has 42 heavy (non-hydrogen) atoms. The molecule has 1 aliphatic rings. The summed E-state index contributed by atoms with van der Waals surface area (Å²) in [6, 6.07) is 6.45. The van der Waals surface area contributed by atoms with E-state index < -0.39 is 17.9 Å². The number of imidazole rings is 1. The zero-order valence-electron chi connectivity index (χ0n) is 22.6. The van der Waals surface area contributed by atoms with E-state index >= 15 is 0 Å². The quantitative estimate of drug-likeness (QED) is 0.225. The van der Waals surface area contributed by atoms with Crippen LogP contribution in [-0.2, 0) is 17.4 Å². The van der Waals surface area contributed by atoms with Gasteiger partial charge in [-0.05, 0) is 49.4 Å². The van der Waals surface area contributed by atoms with E-state index in [1.807, 2.05) is 19.1 Å². The molecule has 1 aliphatic carbocycles. The highest BCUT2D eigenvalue weighted by Crippen LogP contribution is 2.37. The van der Waals surface area contributed by atoms with Gasteiger partial charge in [-0.25, -0.2) is 9.97 Å². The first kappa shape index (κ1) is 30.0. The maximum atomic E-state index is 13.8. The van der Waals surface area contributed by atoms with E-state index in [1.165, 1.54) is 36.1 Å². The van der Waals surface area contributed by atoms with Gasteiger partial charge in [0.2, 0.25) is 0 Å². The molecule has 4 aromatic rings. The van der Waals surface area contributed by atoms with Gasteiger partial charge < -0.3 is 21.5 Å². The van der Waals surface area contributed by atoms with Crippen LogP contribution in [0.2, 0.25) is 0 Å². The number of rotatable bonds is 8. The van der Waals surface area contributed by atoms with Gasteiger partial charge >= 0.3 is 6.18 Å². The summed E-state index contributed by atoms with van der Waals surface area (Å²) < 4.78 is 43.9. The van der Waals surface area contributed by atoms with E-state index in [0.29, 0.717) is 41.6 Å². The molecule has 5 N–H and O–H groups in total. The Bertz CT molecular complexity index is 1640. The third-order valence-corrected chi connectivity index (χ3v) is 6.78. The van der Waals surface area contributed by atoms with Crippen molar-refractivity contribution in [1.82, 2.24) is 29.5 Å². The maximum absolute atomic E-state index is 13.8. The second-order valence-electron chi connectivity index (χ2n) is 9.61. The second-order valence-corrected chi connectivity index (χ2v) is 9.61. The number of hydrogen-bond acceptors (Lipinski definition) is 8. The van der Waals surface area contributed by atoms with Gasteiger partial charge in [-0.3, -0.25) is 18.7 Å². The molecule has 15 heteroatoms. The largest absolute Gasteiger partial charge is 0.483 e. The molecule has 220 valence electrons. The van der Waals surface area contributed by atoms with E-state index in [0.717, 1.165) is 16.7 Å². The van der Waals surface area contributed by atoms with Crippen LogP contribution in [0.5, 0.6) is 0 Å². The first-order chi connectivity index (χ1) is 20.0. The Morgan fingerprint density at radius 1 is 1.36 bits per heavy atom. The number of amides is 1. The minimum Gasteiger partial charge on any atom is -0.483 e. The summed E-state index contributed by atoms with van der Waals surface area (Å²) in [6.45, 7) is 3.69. The first-order valence-electron chi connectivity index (χ1n) is 12.9. The fraction of sp³-hybridized carbons (Fsp3) is 0.333. The van der Waals surface area contributed by atoms with E-state index in [-0.39, 0.29) is 29.7 Å². The smallest absolute Gasteiger partial charge is 0.435 e. The van der Waals surface area contributed by atoms with Crippen molar-refractivity contribution in [3.8, 4) is 17.3 Å². The number of nitrogens with zero attached hydrogens (tertiary/aromatic N) is 6. The van der Waals surface area contributed by atoms with Crippen LogP contribution in [0.1, 0.15) is 47.9 Å². The number of fused-ring (bicyclic) bond motifs is 1. The van der Waals surface area contributed by atoms with Gasteiger partial charge in [-0.2, -0.15) is 23.5 Å². The molecule has 1 fully saturated rings. The Labute approximate surface area is 238 Å². The fourth-order valence-corrected chi connectivity index (χ4v) is 4.40. The third kappa shape index (κ3) is 6.33. The van der Waals surface area contributed by atoms with Crippen molar-refractivity contribution in [3.63, 3.8) is 0 Å². The van der Waals surface area contributed by atoms with Crippen molar-refractivity contribution in [2.45, 2.75) is 44.9 Å². The van der Waals surface area contributed by atoms with Gasteiger partial charge in [0.1, 0.15) is 6.04 Å². The minimum atomic E-state index is -4.73. The molecule has 5 rings (SSSR count). The number of aromatic nitrogens is 5. The van der Waals surface area contributed by atoms with Crippen LogP contribution >= 0.6 is 0 Å². The summed E-state index contributed by atoms with van der Waals surface area (Å²) in [4.78, 5) is 29.7. The number of alkyl halides is 3. The van der Waals surface area contributed by atoms with Gasteiger partial charge in [0, 0.05) is 42.4 Å². The Balaban J connectivity index is 0.00000129. The molecule has 0 bridgehead atoms. The molecular weight excluding hydrogens is 555 g/mol. The van der Waals surface area contributed by atoms with Gasteiger partial charge in [0.15, 0.2) is 17.2 Å². The number of nitrogens with two attached hydrogens (primary N) is 1. The van der Waals surface area contributed by atoms with Gasteiger partial charge in [-0.1, -0.05) is 6.92 Å². The molecule has 3 unspecified atom stereocenters. The Hall–Kier alpha value is -4.97. The van der Waals surface area contributed by atoms with Crippen molar-refractivity contribution < 1.29 is 27.9 Å². The topological polar surface area (TPSA) is 176 Å². The van der Waals surface area contributed by atoms with Crippen molar-refractivity contribution in [1.29, 1.82) is 5.26 Å². The zero-order valence-corrected chi connectivity index (χ0v) is 22.6. The number of carbonyl (C=O) groups excluding carboxylic acids is 1. The summed E-state index contributed by atoms with van der Waals surface area (Å²) in [6.07, 6.45) is 2.25. The number of anilines is 2. The predicted molar refractivity (Wildman–Crippen MR) is 146 cm³/mol. The van der Waals surface area contributed by atoms with Crippen LogP contribution in [0, 0.1) is 17.2 Å². The molecule has 3 aromatic heterocycles. The van der Waals surface area contributed by atoms with Crippen LogP contribution in [0.25, 0.3) is 16.9 Å². The lowest BCUT2D eigenvalue weighted by Crippen LogP contribution is -2.28. The molecule has 1 aromatic carbocycles. The Morgan fingerprint density at radius 3 is 2.69 bits per heavy atom. The van der Waals surface area contributed by atoms with E-state index in [9.17, 15) is 18.0 Å². The Morgan fingerprint density at radius 2 is 2.07 bits per heavy atom. The molecule has 3 atom stereocenters. The summed E-state index contributed by atoms with van der Waals surface area (Å²) in [5.41, 5.74) is 6.98. The predicted octanol–water partition coefficient (Wildman–Crippen LogP) is 3.78. The van der Waals surface area contributed by atoms with Crippen LogP contribution in [0.4, 0.5) is 24.7 Å². The monoisotopic (exact) mass is 583 g/mol. The van der Waals surface area contributed by atoms with Gasteiger partial charge in [-0.15, -0.1) is 0 Å². The van der Waals surface area contributed by atoms with E-state index in [4.69, 9.17) is 20.9 Å². The summed E-state index contributed by atoms with van der Waals surface area (Å²) in [5.74, 6) is 0.474. The fourth-order valence-electron chi connectivity index (χ4n) is 4.40. The molecule has 1 amide bonds. The normalized spacial score (nSPS) is 16.6. The minimum absolute atomic E-state index is 0.149. The highest BCUT2D eigenvalue weighted by atomic mass is 19.4. The van der Waals surface area contributed by atoms with Crippen LogP contribution in [0.3, 0.4) is 0 Å². The lowest BCUT2D eigenvalue weighted by Gasteiger charge is -2.13. The number of carbonyl (C=O) groups is 2. The molecular formula is C27H28F3N9O3. The van der Waals surface area contributed by atoms with E-state index in [2.05, 4.69) is 25.7 Å². The van der Waals surface area contributed by atoms with E-state index in [1.54, 1.807) is 12.1 Å². The molecule has 3 heterocycles. The van der Waals surface area contributed by atoms with Crippen LogP contribution < -0.4 is 16.4 Å². The molecule has 0 saturated heterocycles. The first-order valence-corrected chi connectivity index (χ1v) is 12.9. The maximum Gasteiger partial charge on any atom is 0.435 e. The highest BCUT2D eigenvalue weighted by Gasteiger charge is 2.39. The number of aryl methyl sites for hydroxylation is 1. The molecule has 0 radical (unpaired) electrons. The summed E-state index contributed by atoms with van der Waals surface area (Å²) in [5, 5.41) is 25.8. The lowest BCUT2D eigenvalue weighted by molar-refractivity contribution is -0.141. The number of hydrogen-bond donors (Lipinski definition) is 4. The highest BCUT2D eigenvalue weighted by molar-refractivity contribution is 5.96. The number of benzene rings is 1. The number of carboxylic acid groups (broad SMARTS) is 1. The molecule has 1 saturated carbocycles. The summed E-state index contributed by atoms with van der Waals surface area (Å²) >= 11 is 0. The molecule has 0 spiro atoms. The van der Waals surface area contributed by atoms with Crippen molar-refractivity contribution in [2.75, 3.05) is 11.9 Å². The number of halogens is 3. The lowest BCUT2D eigenvalue weighted by atomic mass is 10.0. The van der Waals surface area contributed by atoms with Gasteiger partial charge in [0.05, 0.1) is 23.5 Å². The van der Waals surface area contributed by atoms with Crippen LogP contribution in [-0.4, -0.2) is 54.2 Å². The standard InChI is InChI=1S/C26H26F3N9O.CH2O2/c1-3-15-8-17(4-5-18(15)25(39)34-11-16-9-20(16)31)35-23-24-33-12-21(37(24)7-6-32-23)19-13-38(14(2)10-30)36-22(19)26(27,28)29;2-1-3/h4-8,12-14,16,20H,3,9,11,31H2,1-2H3,(H,32,35)(H,34,39);1H,(H,2,3). The molecule has 0 aliphatic heterocycles. The second kappa shape index (κ2) is 12.3. The average molecular weight is 584 g/mol. The average Bonchev–Trinajstić information content (AvgIpc) is 3.31. The zero-order chi connectivity index (χ0) is 30.6. The summed E-state index contributed by atoms with van der Waals surface area (Å²) in [7, 11) is 0. The third-order valence-electron chi connectivity index (χ3n) is 6.78. The molecule has 12 nitrogen and oxygen atoms in total. The number of nitrogens with one attached hydrogen (secondary N) is 2.